The van der Waals surface area contributed by atoms with Gasteiger partial charge >= 0.3 is 0 Å². The van der Waals surface area contributed by atoms with E-state index in [1.807, 2.05) is 11.7 Å². The monoisotopic (exact) mass is 213 g/mol. The summed E-state index contributed by atoms with van der Waals surface area (Å²) in [6.07, 6.45) is 4.36. The summed E-state index contributed by atoms with van der Waals surface area (Å²) >= 11 is 6.74. The second-order valence-corrected chi connectivity index (χ2v) is 4.45. The van der Waals surface area contributed by atoms with Crippen molar-refractivity contribution >= 4 is 28.7 Å². The molecule has 1 aromatic rings. The molecule has 70 valence electrons. The zero-order valence-corrected chi connectivity index (χ0v) is 8.75. The molecular formula is C8H11N3S2. The average Bonchev–Trinajstić information content (AvgIpc) is 2.78. The molecule has 13 heavy (non-hydrogen) atoms. The van der Waals surface area contributed by atoms with Crippen LogP contribution in [-0.2, 0) is 6.54 Å². The van der Waals surface area contributed by atoms with Gasteiger partial charge < -0.3 is 10.6 Å². The molecule has 1 saturated carbocycles. The van der Waals surface area contributed by atoms with Gasteiger partial charge in [-0.3, -0.25) is 4.98 Å². The van der Waals surface area contributed by atoms with Crippen molar-refractivity contribution in [3.8, 4) is 0 Å². The van der Waals surface area contributed by atoms with Crippen molar-refractivity contribution in [2.75, 3.05) is 0 Å². The van der Waals surface area contributed by atoms with Crippen LogP contribution in [0.3, 0.4) is 0 Å². The zero-order chi connectivity index (χ0) is 9.10. The molecule has 1 aromatic heterocycles. The quantitative estimate of drug-likeness (QED) is 0.741. The molecule has 1 fully saturated rings. The van der Waals surface area contributed by atoms with E-state index in [1.165, 1.54) is 17.7 Å². The molecule has 0 atom stereocenters. The van der Waals surface area contributed by atoms with Crippen LogP contribution in [0.4, 0.5) is 0 Å². The fourth-order valence-corrected chi connectivity index (χ4v) is 1.73. The number of aromatic nitrogens is 1. The third-order valence-electron chi connectivity index (χ3n) is 1.82. The van der Waals surface area contributed by atoms with Crippen molar-refractivity contribution in [1.29, 1.82) is 0 Å². The second-order valence-electron chi connectivity index (χ2n) is 3.07. The van der Waals surface area contributed by atoms with Crippen LogP contribution in [0, 0.1) is 0 Å². The first-order chi connectivity index (χ1) is 6.34. The van der Waals surface area contributed by atoms with Gasteiger partial charge in [-0.05, 0) is 25.1 Å². The summed E-state index contributed by atoms with van der Waals surface area (Å²) in [5, 5.41) is 7.13. The molecule has 3 nitrogen and oxygen atoms in total. The third kappa shape index (κ3) is 2.93. The lowest BCUT2D eigenvalue weighted by Crippen LogP contribution is -2.35. The smallest absolute Gasteiger partial charge is 0.166 e. The van der Waals surface area contributed by atoms with Gasteiger partial charge in [-0.15, -0.1) is 11.3 Å². The highest BCUT2D eigenvalue weighted by molar-refractivity contribution is 7.80. The van der Waals surface area contributed by atoms with E-state index < -0.39 is 0 Å². The number of thiazole rings is 1. The lowest BCUT2D eigenvalue weighted by atomic mass is 10.5. The first-order valence-corrected chi connectivity index (χ1v) is 5.55. The largest absolute Gasteiger partial charge is 0.360 e. The van der Waals surface area contributed by atoms with E-state index in [0.29, 0.717) is 6.04 Å². The lowest BCUT2D eigenvalue weighted by molar-refractivity contribution is 0.835. The van der Waals surface area contributed by atoms with Crippen molar-refractivity contribution in [3.05, 3.63) is 16.6 Å². The maximum atomic E-state index is 5.11. The molecule has 2 rings (SSSR count). The minimum absolute atomic E-state index is 0.626. The molecule has 0 aromatic carbocycles. The molecule has 0 aliphatic heterocycles. The zero-order valence-electron chi connectivity index (χ0n) is 7.12. The molecule has 0 unspecified atom stereocenters. The molecule has 1 heterocycles. The van der Waals surface area contributed by atoms with Gasteiger partial charge in [-0.1, -0.05) is 0 Å². The van der Waals surface area contributed by atoms with E-state index in [-0.39, 0.29) is 0 Å². The summed E-state index contributed by atoms with van der Waals surface area (Å²) in [6, 6.07) is 0.626. The standard InChI is InChI=1S/C8H11N3S2/c12-8(11-6-1-2-6)10-4-7-3-9-5-13-7/h3,5-6H,1-2,4H2,(H2,10,11,12). The number of thiocarbonyl (C=S) groups is 1. The molecule has 0 radical (unpaired) electrons. The van der Waals surface area contributed by atoms with Crippen molar-refractivity contribution < 1.29 is 0 Å². The number of rotatable bonds is 3. The Bertz CT molecular complexity index is 280. The molecule has 1 aliphatic rings. The summed E-state index contributed by atoms with van der Waals surface area (Å²) in [5.41, 5.74) is 1.83. The van der Waals surface area contributed by atoms with Crippen molar-refractivity contribution in [2.24, 2.45) is 0 Å². The van der Waals surface area contributed by atoms with Gasteiger partial charge in [-0.2, -0.15) is 0 Å². The highest BCUT2D eigenvalue weighted by Gasteiger charge is 2.21. The highest BCUT2D eigenvalue weighted by Crippen LogP contribution is 2.18. The first-order valence-electron chi connectivity index (χ1n) is 4.26. The fourth-order valence-electron chi connectivity index (χ4n) is 0.961. The normalized spacial score (nSPS) is 15.4. The molecule has 2 N–H and O–H groups in total. The van der Waals surface area contributed by atoms with Gasteiger partial charge in [0, 0.05) is 17.1 Å². The van der Waals surface area contributed by atoms with Crippen LogP contribution in [0.25, 0.3) is 0 Å². The van der Waals surface area contributed by atoms with Crippen molar-refractivity contribution in [1.82, 2.24) is 15.6 Å². The molecule has 1 aliphatic carbocycles. The lowest BCUT2D eigenvalue weighted by Gasteiger charge is -2.07. The van der Waals surface area contributed by atoms with Crippen LogP contribution in [0.1, 0.15) is 17.7 Å². The Kier molecular flexibility index (Phi) is 2.75. The summed E-state index contributed by atoms with van der Waals surface area (Å²) in [5.74, 6) is 0. The number of nitrogens with zero attached hydrogens (tertiary/aromatic N) is 1. The van der Waals surface area contributed by atoms with Gasteiger partial charge in [0.25, 0.3) is 0 Å². The Morgan fingerprint density at radius 1 is 1.69 bits per heavy atom. The van der Waals surface area contributed by atoms with Gasteiger partial charge in [0.15, 0.2) is 5.11 Å². The van der Waals surface area contributed by atoms with E-state index in [2.05, 4.69) is 15.6 Å². The van der Waals surface area contributed by atoms with Crippen LogP contribution < -0.4 is 10.6 Å². The van der Waals surface area contributed by atoms with Crippen molar-refractivity contribution in [2.45, 2.75) is 25.4 Å². The Hall–Kier alpha value is -0.680. The van der Waals surface area contributed by atoms with E-state index in [0.717, 1.165) is 11.7 Å². The van der Waals surface area contributed by atoms with Crippen LogP contribution >= 0.6 is 23.6 Å². The Morgan fingerprint density at radius 2 is 2.54 bits per heavy atom. The third-order valence-corrected chi connectivity index (χ3v) is 2.86. The van der Waals surface area contributed by atoms with Gasteiger partial charge in [0.2, 0.25) is 0 Å². The highest BCUT2D eigenvalue weighted by atomic mass is 32.1. The predicted molar refractivity (Wildman–Crippen MR) is 57.7 cm³/mol. The number of hydrogen-bond acceptors (Lipinski definition) is 3. The molecule has 0 spiro atoms. The van der Waals surface area contributed by atoms with E-state index >= 15 is 0 Å². The van der Waals surface area contributed by atoms with Gasteiger partial charge in [0.1, 0.15) is 0 Å². The Balaban J connectivity index is 1.69. The molecule has 0 bridgehead atoms. The summed E-state index contributed by atoms with van der Waals surface area (Å²) in [6.45, 7) is 0.781. The average molecular weight is 213 g/mol. The molecule has 0 amide bonds. The maximum absolute atomic E-state index is 5.11. The van der Waals surface area contributed by atoms with Crippen LogP contribution in [0.2, 0.25) is 0 Å². The minimum Gasteiger partial charge on any atom is -0.360 e. The Labute approximate surface area is 86.6 Å². The number of hydrogen-bond donors (Lipinski definition) is 2. The van der Waals surface area contributed by atoms with Gasteiger partial charge in [0.05, 0.1) is 12.1 Å². The summed E-state index contributed by atoms with van der Waals surface area (Å²) in [7, 11) is 0. The van der Waals surface area contributed by atoms with Gasteiger partial charge in [-0.25, -0.2) is 0 Å². The summed E-state index contributed by atoms with van der Waals surface area (Å²) < 4.78 is 0. The molecular weight excluding hydrogens is 202 g/mol. The molecule has 0 saturated heterocycles. The minimum atomic E-state index is 0.626. The number of nitrogens with one attached hydrogen (secondary N) is 2. The summed E-state index contributed by atoms with van der Waals surface area (Å²) in [4.78, 5) is 5.20. The van der Waals surface area contributed by atoms with Crippen LogP contribution in [0.15, 0.2) is 11.7 Å². The topological polar surface area (TPSA) is 37.0 Å². The van der Waals surface area contributed by atoms with E-state index in [9.17, 15) is 0 Å². The van der Waals surface area contributed by atoms with E-state index in [4.69, 9.17) is 12.2 Å². The predicted octanol–water partition coefficient (Wildman–Crippen LogP) is 1.27. The van der Waals surface area contributed by atoms with Crippen LogP contribution in [0.5, 0.6) is 0 Å². The SMILES string of the molecule is S=C(NCc1cncs1)NC1CC1. The van der Waals surface area contributed by atoms with Crippen LogP contribution in [-0.4, -0.2) is 16.1 Å². The van der Waals surface area contributed by atoms with Crippen molar-refractivity contribution in [3.63, 3.8) is 0 Å². The first kappa shape index (κ1) is 8.90. The maximum Gasteiger partial charge on any atom is 0.166 e. The fraction of sp³-hybridized carbons (Fsp3) is 0.500. The van der Waals surface area contributed by atoms with E-state index in [1.54, 1.807) is 11.3 Å². The Morgan fingerprint density at radius 3 is 3.15 bits per heavy atom. The second kappa shape index (κ2) is 4.02. The molecule has 5 heteroatoms.